The first-order chi connectivity index (χ1) is 6.09. The van der Waals surface area contributed by atoms with Gasteiger partial charge in [-0.2, -0.15) is 0 Å². The number of aliphatic hydroxyl groups excluding tert-OH is 1. The molecule has 1 N–H and O–H groups in total. The van der Waals surface area contributed by atoms with Crippen LogP contribution in [-0.2, 0) is 4.79 Å². The second-order valence-corrected chi connectivity index (χ2v) is 3.83. The van der Waals surface area contributed by atoms with E-state index < -0.39 is 0 Å². The molecule has 0 spiro atoms. The van der Waals surface area contributed by atoms with Gasteiger partial charge in [0.2, 0.25) is 5.91 Å². The first-order valence-electron chi connectivity index (χ1n) is 4.74. The van der Waals surface area contributed by atoms with E-state index in [1.807, 2.05) is 19.9 Å². The van der Waals surface area contributed by atoms with Crippen LogP contribution in [-0.4, -0.2) is 35.1 Å². The van der Waals surface area contributed by atoms with Crippen LogP contribution in [0.3, 0.4) is 0 Å². The fraction of sp³-hybridized carbons (Fsp3) is 0.700. The predicted octanol–water partition coefficient (Wildman–Crippen LogP) is 0.792. The third-order valence-electron chi connectivity index (χ3n) is 2.10. The van der Waals surface area contributed by atoms with Crippen LogP contribution in [0.5, 0.6) is 0 Å². The number of allylic oxidation sites excluding steroid dienone is 1. The Morgan fingerprint density at radius 1 is 1.62 bits per heavy atom. The van der Waals surface area contributed by atoms with E-state index >= 15 is 0 Å². The SMILES string of the molecule is CC(C)/C=C/C(=O)N1CC[C@@H](O)C1. The molecule has 13 heavy (non-hydrogen) atoms. The van der Waals surface area contributed by atoms with Gasteiger partial charge in [0, 0.05) is 13.1 Å². The Kier molecular flexibility index (Phi) is 3.48. The number of likely N-dealkylation sites (tertiary alicyclic amines) is 1. The molecule has 0 saturated carbocycles. The summed E-state index contributed by atoms with van der Waals surface area (Å²) in [5.74, 6) is 0.418. The maximum absolute atomic E-state index is 11.4. The van der Waals surface area contributed by atoms with Gasteiger partial charge in [-0.15, -0.1) is 0 Å². The van der Waals surface area contributed by atoms with Gasteiger partial charge < -0.3 is 10.0 Å². The number of nitrogens with zero attached hydrogens (tertiary/aromatic N) is 1. The van der Waals surface area contributed by atoms with Gasteiger partial charge in [0.25, 0.3) is 0 Å². The maximum Gasteiger partial charge on any atom is 0.246 e. The minimum absolute atomic E-state index is 0.0188. The lowest BCUT2D eigenvalue weighted by atomic mass is 10.2. The van der Waals surface area contributed by atoms with Gasteiger partial charge in [-0.05, 0) is 18.4 Å². The van der Waals surface area contributed by atoms with Gasteiger partial charge in [-0.3, -0.25) is 4.79 Å². The molecular formula is C10H17NO2. The van der Waals surface area contributed by atoms with Crippen LogP contribution in [0.15, 0.2) is 12.2 Å². The number of rotatable bonds is 2. The molecule has 3 heteroatoms. The smallest absolute Gasteiger partial charge is 0.246 e. The molecule has 0 bridgehead atoms. The van der Waals surface area contributed by atoms with Gasteiger partial charge in [-0.1, -0.05) is 19.9 Å². The van der Waals surface area contributed by atoms with Crippen molar-refractivity contribution in [3.05, 3.63) is 12.2 Å². The Morgan fingerprint density at radius 3 is 2.77 bits per heavy atom. The van der Waals surface area contributed by atoms with Crippen LogP contribution >= 0.6 is 0 Å². The lowest BCUT2D eigenvalue weighted by Gasteiger charge is -2.12. The highest BCUT2D eigenvalue weighted by Gasteiger charge is 2.22. The van der Waals surface area contributed by atoms with Crippen molar-refractivity contribution < 1.29 is 9.90 Å². The van der Waals surface area contributed by atoms with Crippen molar-refractivity contribution in [3.8, 4) is 0 Å². The molecule has 1 aliphatic heterocycles. The number of carbonyl (C=O) groups excluding carboxylic acids is 1. The topological polar surface area (TPSA) is 40.5 Å². The summed E-state index contributed by atoms with van der Waals surface area (Å²) < 4.78 is 0. The standard InChI is InChI=1S/C10H17NO2/c1-8(2)3-4-10(13)11-6-5-9(12)7-11/h3-4,8-9,12H,5-7H2,1-2H3/b4-3+/t9-/m1/s1. The summed E-state index contributed by atoms with van der Waals surface area (Å²) in [5.41, 5.74) is 0. The van der Waals surface area contributed by atoms with Crippen molar-refractivity contribution in [2.24, 2.45) is 5.92 Å². The van der Waals surface area contributed by atoms with Gasteiger partial charge in [-0.25, -0.2) is 0 Å². The van der Waals surface area contributed by atoms with Gasteiger partial charge in [0.15, 0.2) is 0 Å². The molecule has 74 valence electrons. The third kappa shape index (κ3) is 3.19. The Balaban J connectivity index is 2.40. The van der Waals surface area contributed by atoms with Crippen molar-refractivity contribution in [2.75, 3.05) is 13.1 Å². The zero-order chi connectivity index (χ0) is 9.84. The van der Waals surface area contributed by atoms with Crippen molar-refractivity contribution >= 4 is 5.91 Å². The summed E-state index contributed by atoms with van der Waals surface area (Å²) in [6.07, 6.45) is 3.87. The van der Waals surface area contributed by atoms with E-state index in [4.69, 9.17) is 0 Å². The summed E-state index contributed by atoms with van der Waals surface area (Å²) in [5, 5.41) is 9.21. The fourth-order valence-electron chi connectivity index (χ4n) is 1.32. The van der Waals surface area contributed by atoms with Gasteiger partial charge in [0.1, 0.15) is 0 Å². The number of hydrogen-bond donors (Lipinski definition) is 1. The maximum atomic E-state index is 11.4. The molecule has 1 fully saturated rings. The van der Waals surface area contributed by atoms with Crippen LogP contribution < -0.4 is 0 Å². The quantitative estimate of drug-likeness (QED) is 0.643. The second kappa shape index (κ2) is 4.42. The predicted molar refractivity (Wildman–Crippen MR) is 51.2 cm³/mol. The lowest BCUT2D eigenvalue weighted by molar-refractivity contribution is -0.125. The molecule has 1 saturated heterocycles. The second-order valence-electron chi connectivity index (χ2n) is 3.83. The monoisotopic (exact) mass is 183 g/mol. The van der Waals surface area contributed by atoms with Crippen LogP contribution in [0.2, 0.25) is 0 Å². The van der Waals surface area contributed by atoms with Crippen molar-refractivity contribution in [1.82, 2.24) is 4.90 Å². The Bertz CT molecular complexity index is 211. The minimum atomic E-state index is -0.323. The normalized spacial score (nSPS) is 23.4. The molecular weight excluding hydrogens is 166 g/mol. The van der Waals surface area contributed by atoms with Crippen molar-refractivity contribution in [1.29, 1.82) is 0 Å². The third-order valence-corrected chi connectivity index (χ3v) is 2.10. The Morgan fingerprint density at radius 2 is 2.31 bits per heavy atom. The summed E-state index contributed by atoms with van der Waals surface area (Å²) in [6, 6.07) is 0. The van der Waals surface area contributed by atoms with E-state index in [0.29, 0.717) is 25.4 Å². The molecule has 1 atom stereocenters. The van der Waals surface area contributed by atoms with E-state index in [9.17, 15) is 9.90 Å². The molecule has 1 amide bonds. The van der Waals surface area contributed by atoms with E-state index in [2.05, 4.69) is 0 Å². The number of amides is 1. The van der Waals surface area contributed by atoms with E-state index in [-0.39, 0.29) is 12.0 Å². The summed E-state index contributed by atoms with van der Waals surface area (Å²) in [6.45, 7) is 5.23. The van der Waals surface area contributed by atoms with Crippen LogP contribution in [0.4, 0.5) is 0 Å². The highest BCUT2D eigenvalue weighted by molar-refractivity contribution is 5.87. The van der Waals surface area contributed by atoms with Crippen LogP contribution in [0, 0.1) is 5.92 Å². The van der Waals surface area contributed by atoms with Gasteiger partial charge >= 0.3 is 0 Å². The molecule has 0 aromatic carbocycles. The van der Waals surface area contributed by atoms with Crippen molar-refractivity contribution in [3.63, 3.8) is 0 Å². The highest BCUT2D eigenvalue weighted by atomic mass is 16.3. The molecule has 3 nitrogen and oxygen atoms in total. The van der Waals surface area contributed by atoms with Crippen LogP contribution in [0.25, 0.3) is 0 Å². The zero-order valence-electron chi connectivity index (χ0n) is 8.23. The highest BCUT2D eigenvalue weighted by Crippen LogP contribution is 2.09. The lowest BCUT2D eigenvalue weighted by Crippen LogP contribution is -2.27. The van der Waals surface area contributed by atoms with E-state index in [0.717, 1.165) is 0 Å². The van der Waals surface area contributed by atoms with Crippen LogP contribution in [0.1, 0.15) is 20.3 Å². The molecule has 0 aromatic heterocycles. The first kappa shape index (κ1) is 10.3. The molecule has 0 aliphatic carbocycles. The van der Waals surface area contributed by atoms with Gasteiger partial charge in [0.05, 0.1) is 6.10 Å². The first-order valence-corrected chi connectivity index (χ1v) is 4.74. The molecule has 0 radical (unpaired) electrons. The molecule has 1 aliphatic rings. The Hall–Kier alpha value is -0.830. The number of β-amino-alcohol motifs (C(OH)–C–C–N with tert-alkyl or cyclic N) is 1. The fourth-order valence-corrected chi connectivity index (χ4v) is 1.32. The number of carbonyl (C=O) groups is 1. The van der Waals surface area contributed by atoms with Crippen molar-refractivity contribution in [2.45, 2.75) is 26.4 Å². The number of aliphatic hydroxyl groups is 1. The Labute approximate surface area is 79.0 Å². The molecule has 0 aromatic rings. The average molecular weight is 183 g/mol. The average Bonchev–Trinajstić information content (AvgIpc) is 2.47. The largest absolute Gasteiger partial charge is 0.391 e. The zero-order valence-corrected chi connectivity index (χ0v) is 8.23. The molecule has 1 heterocycles. The minimum Gasteiger partial charge on any atom is -0.391 e. The summed E-state index contributed by atoms with van der Waals surface area (Å²) in [7, 11) is 0. The van der Waals surface area contributed by atoms with E-state index in [1.54, 1.807) is 11.0 Å². The summed E-state index contributed by atoms with van der Waals surface area (Å²) in [4.78, 5) is 13.1. The summed E-state index contributed by atoms with van der Waals surface area (Å²) >= 11 is 0. The van der Waals surface area contributed by atoms with E-state index in [1.165, 1.54) is 0 Å². The number of hydrogen-bond acceptors (Lipinski definition) is 2. The molecule has 1 rings (SSSR count). The molecule has 0 unspecified atom stereocenters.